The van der Waals surface area contributed by atoms with Crippen LogP contribution in [-0.2, 0) is 14.6 Å². The van der Waals surface area contributed by atoms with E-state index in [1.165, 1.54) is 0 Å². The van der Waals surface area contributed by atoms with Crippen molar-refractivity contribution in [2.45, 2.75) is 12.5 Å². The summed E-state index contributed by atoms with van der Waals surface area (Å²) >= 11 is 0. The van der Waals surface area contributed by atoms with Crippen LogP contribution >= 0.6 is 0 Å². The molecule has 1 saturated heterocycles. The van der Waals surface area contributed by atoms with Crippen molar-refractivity contribution in [3.05, 3.63) is 54.1 Å². The van der Waals surface area contributed by atoms with Crippen LogP contribution in [0.1, 0.15) is 16.8 Å². The highest BCUT2D eigenvalue weighted by Gasteiger charge is 2.31. The lowest BCUT2D eigenvalue weighted by atomic mass is 10.2. The highest BCUT2D eigenvalue weighted by Crippen LogP contribution is 2.18. The first-order valence-corrected chi connectivity index (χ1v) is 11.3. The molecule has 30 heavy (non-hydrogen) atoms. The summed E-state index contributed by atoms with van der Waals surface area (Å²) in [7, 11) is 0.330. The van der Waals surface area contributed by atoms with Gasteiger partial charge in [-0.05, 0) is 62.0 Å². The Morgan fingerprint density at radius 1 is 1.03 bits per heavy atom. The van der Waals surface area contributed by atoms with Gasteiger partial charge in [-0.1, -0.05) is 0 Å². The van der Waals surface area contributed by atoms with Gasteiger partial charge in [0.05, 0.1) is 25.2 Å². The quantitative estimate of drug-likeness (QED) is 0.695. The van der Waals surface area contributed by atoms with Gasteiger partial charge in [-0.3, -0.25) is 14.5 Å². The minimum atomic E-state index is -2.99. The predicted octanol–water partition coefficient (Wildman–Crippen LogP) is 2.00. The van der Waals surface area contributed by atoms with Gasteiger partial charge in [-0.25, -0.2) is 8.42 Å². The van der Waals surface area contributed by atoms with Crippen molar-refractivity contribution in [3.63, 3.8) is 0 Å². The van der Waals surface area contributed by atoms with Gasteiger partial charge in [-0.2, -0.15) is 0 Å². The molecule has 2 amide bonds. The van der Waals surface area contributed by atoms with Crippen LogP contribution in [0, 0.1) is 0 Å². The molecule has 3 rings (SSSR count). The highest BCUT2D eigenvalue weighted by atomic mass is 32.2. The molecule has 2 aromatic rings. The van der Waals surface area contributed by atoms with E-state index in [1.807, 2.05) is 0 Å². The number of methoxy groups -OCH3 is 1. The molecule has 1 fully saturated rings. The summed E-state index contributed by atoms with van der Waals surface area (Å²) in [6.07, 6.45) is 0.546. The van der Waals surface area contributed by atoms with Crippen LogP contribution in [0.2, 0.25) is 0 Å². The van der Waals surface area contributed by atoms with E-state index < -0.39 is 9.84 Å². The standard InChI is InChI=1S/C21H25N3O5S/c1-24(18-11-12-30(27,28)14-18)13-20(25)22-16-5-3-15(4-6-16)21(26)23-17-7-9-19(29-2)10-8-17/h3-10,18H,11-14H2,1-2H3,(H,22,25)(H,23,26)/t18-/m1/s1. The van der Waals surface area contributed by atoms with Crippen molar-refractivity contribution in [1.29, 1.82) is 0 Å². The van der Waals surface area contributed by atoms with Gasteiger partial charge < -0.3 is 15.4 Å². The SMILES string of the molecule is COc1ccc(NC(=O)c2ccc(NC(=O)CN(C)[C@@H]3CCS(=O)(=O)C3)cc2)cc1. The Hall–Kier alpha value is -2.91. The number of ether oxygens (including phenoxy) is 1. The third-order valence-corrected chi connectivity index (χ3v) is 6.75. The first-order valence-electron chi connectivity index (χ1n) is 9.52. The molecule has 2 N–H and O–H groups in total. The molecule has 1 heterocycles. The van der Waals surface area contributed by atoms with E-state index in [1.54, 1.807) is 67.6 Å². The number of amides is 2. The number of carbonyl (C=O) groups is 2. The number of rotatable bonds is 7. The fourth-order valence-corrected chi connectivity index (χ4v) is 5.07. The Kier molecular flexibility index (Phi) is 6.73. The van der Waals surface area contributed by atoms with E-state index in [2.05, 4.69) is 10.6 Å². The second-order valence-corrected chi connectivity index (χ2v) is 9.51. The molecule has 0 radical (unpaired) electrons. The van der Waals surface area contributed by atoms with Gasteiger partial charge in [0, 0.05) is 23.0 Å². The summed E-state index contributed by atoms with van der Waals surface area (Å²) in [6, 6.07) is 13.4. The first kappa shape index (κ1) is 21.8. The van der Waals surface area contributed by atoms with Crippen LogP contribution in [0.15, 0.2) is 48.5 Å². The molecule has 0 saturated carbocycles. The van der Waals surface area contributed by atoms with Crippen LogP contribution in [0.3, 0.4) is 0 Å². The average Bonchev–Trinajstić information content (AvgIpc) is 3.09. The zero-order valence-electron chi connectivity index (χ0n) is 16.9. The van der Waals surface area contributed by atoms with E-state index in [0.29, 0.717) is 29.1 Å². The number of nitrogens with zero attached hydrogens (tertiary/aromatic N) is 1. The normalized spacial score (nSPS) is 17.5. The van der Waals surface area contributed by atoms with Gasteiger partial charge in [-0.15, -0.1) is 0 Å². The first-order chi connectivity index (χ1) is 14.3. The largest absolute Gasteiger partial charge is 0.497 e. The Labute approximate surface area is 176 Å². The molecule has 1 aliphatic rings. The number of benzene rings is 2. The zero-order valence-corrected chi connectivity index (χ0v) is 17.7. The Morgan fingerprint density at radius 2 is 1.63 bits per heavy atom. The molecule has 8 nitrogen and oxygen atoms in total. The van der Waals surface area contributed by atoms with Crippen molar-refractivity contribution in [3.8, 4) is 5.75 Å². The van der Waals surface area contributed by atoms with Crippen molar-refractivity contribution in [2.24, 2.45) is 0 Å². The van der Waals surface area contributed by atoms with E-state index in [4.69, 9.17) is 4.74 Å². The fraction of sp³-hybridized carbons (Fsp3) is 0.333. The Balaban J connectivity index is 1.52. The van der Waals surface area contributed by atoms with Crippen LogP contribution in [0.25, 0.3) is 0 Å². The summed E-state index contributed by atoms with van der Waals surface area (Å²) in [5.41, 5.74) is 1.67. The number of hydrogen-bond acceptors (Lipinski definition) is 6. The Morgan fingerprint density at radius 3 is 2.20 bits per heavy atom. The lowest BCUT2D eigenvalue weighted by Gasteiger charge is -2.22. The third-order valence-electron chi connectivity index (χ3n) is 5.00. The number of anilines is 2. The molecule has 0 bridgehead atoms. The van der Waals surface area contributed by atoms with Gasteiger partial charge in [0.15, 0.2) is 9.84 Å². The summed E-state index contributed by atoms with van der Waals surface area (Å²) in [5, 5.41) is 5.57. The number of likely N-dealkylation sites (N-methyl/N-ethyl adjacent to an activating group) is 1. The topological polar surface area (TPSA) is 105 Å². The number of sulfone groups is 1. The van der Waals surface area contributed by atoms with Gasteiger partial charge >= 0.3 is 0 Å². The Bertz CT molecular complexity index is 1000. The van der Waals surface area contributed by atoms with E-state index in [9.17, 15) is 18.0 Å². The second kappa shape index (κ2) is 9.27. The maximum Gasteiger partial charge on any atom is 0.255 e. The molecule has 2 aromatic carbocycles. The van der Waals surface area contributed by atoms with E-state index in [-0.39, 0.29) is 35.9 Å². The number of carbonyl (C=O) groups excluding carboxylic acids is 2. The minimum Gasteiger partial charge on any atom is -0.497 e. The minimum absolute atomic E-state index is 0.0920. The van der Waals surface area contributed by atoms with Crippen molar-refractivity contribution in [1.82, 2.24) is 4.90 Å². The molecular formula is C21H25N3O5S. The van der Waals surface area contributed by atoms with Crippen molar-refractivity contribution < 1.29 is 22.7 Å². The summed E-state index contributed by atoms with van der Waals surface area (Å²) < 4.78 is 28.3. The van der Waals surface area contributed by atoms with Gasteiger partial charge in [0.1, 0.15) is 5.75 Å². The number of hydrogen-bond donors (Lipinski definition) is 2. The summed E-state index contributed by atoms with van der Waals surface area (Å²) in [6.45, 7) is 0.0971. The predicted molar refractivity (Wildman–Crippen MR) is 116 cm³/mol. The second-order valence-electron chi connectivity index (χ2n) is 7.28. The van der Waals surface area contributed by atoms with Crippen LogP contribution < -0.4 is 15.4 Å². The molecule has 0 spiro atoms. The molecule has 0 unspecified atom stereocenters. The van der Waals surface area contributed by atoms with Gasteiger partial charge in [0.2, 0.25) is 5.91 Å². The average molecular weight is 432 g/mol. The molecular weight excluding hydrogens is 406 g/mol. The molecule has 1 atom stereocenters. The molecule has 0 aliphatic carbocycles. The van der Waals surface area contributed by atoms with E-state index >= 15 is 0 Å². The highest BCUT2D eigenvalue weighted by molar-refractivity contribution is 7.91. The molecule has 0 aromatic heterocycles. The smallest absolute Gasteiger partial charge is 0.255 e. The molecule has 9 heteroatoms. The maximum absolute atomic E-state index is 12.4. The van der Waals surface area contributed by atoms with Crippen LogP contribution in [0.5, 0.6) is 5.75 Å². The lowest BCUT2D eigenvalue weighted by Crippen LogP contribution is -2.38. The molecule has 160 valence electrons. The van der Waals surface area contributed by atoms with E-state index in [0.717, 1.165) is 0 Å². The van der Waals surface area contributed by atoms with Gasteiger partial charge in [0.25, 0.3) is 5.91 Å². The van der Waals surface area contributed by atoms with Crippen LogP contribution in [-0.4, -0.2) is 63.4 Å². The van der Waals surface area contributed by atoms with Crippen LogP contribution in [0.4, 0.5) is 11.4 Å². The van der Waals surface area contributed by atoms with Crippen molar-refractivity contribution in [2.75, 3.05) is 42.8 Å². The zero-order chi connectivity index (χ0) is 21.7. The van der Waals surface area contributed by atoms with Crippen molar-refractivity contribution >= 4 is 33.0 Å². The summed E-state index contributed by atoms with van der Waals surface area (Å²) in [5.74, 6) is 0.462. The summed E-state index contributed by atoms with van der Waals surface area (Å²) in [4.78, 5) is 26.4. The maximum atomic E-state index is 12.4. The lowest BCUT2D eigenvalue weighted by molar-refractivity contribution is -0.117. The fourth-order valence-electron chi connectivity index (χ4n) is 3.26. The molecule has 1 aliphatic heterocycles. The monoisotopic (exact) mass is 431 g/mol. The third kappa shape index (κ3) is 5.80. The number of nitrogens with one attached hydrogen (secondary N) is 2.